The average molecular weight is 278 g/mol. The SMILES string of the molecule is CCC(C)c1nnc(Cl)c2ccc(C(=O)NC)cc12. The number of benzene rings is 1. The van der Waals surface area contributed by atoms with E-state index < -0.39 is 0 Å². The summed E-state index contributed by atoms with van der Waals surface area (Å²) in [6.45, 7) is 4.18. The lowest BCUT2D eigenvalue weighted by atomic mass is 9.98. The molecule has 1 N–H and O–H groups in total. The van der Waals surface area contributed by atoms with Gasteiger partial charge in [0, 0.05) is 29.3 Å². The van der Waals surface area contributed by atoms with Crippen molar-refractivity contribution in [2.24, 2.45) is 0 Å². The molecule has 0 aliphatic rings. The number of aromatic nitrogens is 2. The Bertz CT molecular complexity index is 627. The molecule has 5 heteroatoms. The molecule has 1 heterocycles. The molecular formula is C14H16ClN3O. The molecule has 0 aliphatic carbocycles. The van der Waals surface area contributed by atoms with Crippen molar-refractivity contribution in [2.45, 2.75) is 26.2 Å². The Morgan fingerprint density at radius 2 is 2.11 bits per heavy atom. The third kappa shape index (κ3) is 2.54. The number of nitrogens with zero attached hydrogens (tertiary/aromatic N) is 2. The highest BCUT2D eigenvalue weighted by atomic mass is 35.5. The van der Waals surface area contributed by atoms with E-state index in [2.05, 4.69) is 29.4 Å². The first-order chi connectivity index (χ1) is 9.08. The van der Waals surface area contributed by atoms with Gasteiger partial charge in [-0.2, -0.15) is 5.10 Å². The van der Waals surface area contributed by atoms with Crippen molar-refractivity contribution in [3.63, 3.8) is 0 Å². The molecule has 0 fully saturated rings. The number of fused-ring (bicyclic) bond motifs is 1. The number of hydrogen-bond donors (Lipinski definition) is 1. The summed E-state index contributed by atoms with van der Waals surface area (Å²) in [5, 5.41) is 12.9. The maximum atomic E-state index is 11.7. The average Bonchev–Trinajstić information content (AvgIpc) is 2.45. The molecule has 100 valence electrons. The number of carbonyl (C=O) groups is 1. The van der Waals surface area contributed by atoms with E-state index in [1.807, 2.05) is 12.1 Å². The van der Waals surface area contributed by atoms with Gasteiger partial charge in [0.15, 0.2) is 5.15 Å². The van der Waals surface area contributed by atoms with Crippen molar-refractivity contribution in [3.05, 3.63) is 34.6 Å². The first-order valence-electron chi connectivity index (χ1n) is 6.26. The molecule has 1 aromatic carbocycles. The van der Waals surface area contributed by atoms with Gasteiger partial charge in [-0.15, -0.1) is 5.10 Å². The molecule has 0 saturated carbocycles. The summed E-state index contributed by atoms with van der Waals surface area (Å²) in [5.74, 6) is 0.150. The van der Waals surface area contributed by atoms with E-state index >= 15 is 0 Å². The van der Waals surface area contributed by atoms with Gasteiger partial charge in [-0.3, -0.25) is 4.79 Å². The van der Waals surface area contributed by atoms with Crippen molar-refractivity contribution in [2.75, 3.05) is 7.05 Å². The Morgan fingerprint density at radius 3 is 2.74 bits per heavy atom. The molecule has 0 bridgehead atoms. The van der Waals surface area contributed by atoms with Gasteiger partial charge in [-0.05, 0) is 18.6 Å². The molecular weight excluding hydrogens is 262 g/mol. The highest BCUT2D eigenvalue weighted by Crippen LogP contribution is 2.29. The Hall–Kier alpha value is -1.68. The van der Waals surface area contributed by atoms with Crippen LogP contribution in [-0.4, -0.2) is 23.2 Å². The summed E-state index contributed by atoms with van der Waals surface area (Å²) < 4.78 is 0. The van der Waals surface area contributed by atoms with Crippen molar-refractivity contribution < 1.29 is 4.79 Å². The molecule has 0 radical (unpaired) electrons. The number of rotatable bonds is 3. The van der Waals surface area contributed by atoms with Gasteiger partial charge < -0.3 is 5.32 Å². The standard InChI is InChI=1S/C14H16ClN3O/c1-4-8(2)12-11-7-9(14(19)16-3)5-6-10(11)13(15)18-17-12/h5-8H,4H2,1-3H3,(H,16,19). The lowest BCUT2D eigenvalue weighted by Gasteiger charge is -2.12. The number of hydrogen-bond acceptors (Lipinski definition) is 3. The van der Waals surface area contributed by atoms with E-state index in [1.165, 1.54) is 0 Å². The first-order valence-corrected chi connectivity index (χ1v) is 6.64. The fourth-order valence-corrected chi connectivity index (χ4v) is 2.19. The van der Waals surface area contributed by atoms with Crippen LogP contribution in [0.4, 0.5) is 0 Å². The number of carbonyl (C=O) groups excluding carboxylic acids is 1. The second-order valence-electron chi connectivity index (χ2n) is 4.52. The van der Waals surface area contributed by atoms with Crippen LogP contribution in [-0.2, 0) is 0 Å². The first kappa shape index (κ1) is 13.7. The predicted molar refractivity (Wildman–Crippen MR) is 76.6 cm³/mol. The van der Waals surface area contributed by atoms with Crippen LogP contribution in [0.1, 0.15) is 42.2 Å². The summed E-state index contributed by atoms with van der Waals surface area (Å²) in [5.41, 5.74) is 1.48. The van der Waals surface area contributed by atoms with E-state index in [-0.39, 0.29) is 11.8 Å². The highest BCUT2D eigenvalue weighted by Gasteiger charge is 2.14. The number of halogens is 1. The monoisotopic (exact) mass is 277 g/mol. The molecule has 1 amide bonds. The molecule has 0 aliphatic heterocycles. The lowest BCUT2D eigenvalue weighted by molar-refractivity contribution is 0.0963. The van der Waals surface area contributed by atoms with Gasteiger partial charge in [0.05, 0.1) is 5.69 Å². The van der Waals surface area contributed by atoms with Crippen LogP contribution in [0.5, 0.6) is 0 Å². The molecule has 1 atom stereocenters. The zero-order valence-electron chi connectivity index (χ0n) is 11.2. The topological polar surface area (TPSA) is 54.9 Å². The van der Waals surface area contributed by atoms with Gasteiger partial charge >= 0.3 is 0 Å². The molecule has 19 heavy (non-hydrogen) atoms. The normalized spacial score (nSPS) is 12.4. The fraction of sp³-hybridized carbons (Fsp3) is 0.357. The van der Waals surface area contributed by atoms with Crippen LogP contribution < -0.4 is 5.32 Å². The van der Waals surface area contributed by atoms with E-state index in [0.29, 0.717) is 10.7 Å². The summed E-state index contributed by atoms with van der Waals surface area (Å²) >= 11 is 6.07. The molecule has 4 nitrogen and oxygen atoms in total. The predicted octanol–water partition coefficient (Wildman–Crippen LogP) is 3.16. The highest BCUT2D eigenvalue weighted by molar-refractivity contribution is 6.34. The van der Waals surface area contributed by atoms with Gasteiger partial charge in [-0.1, -0.05) is 31.5 Å². The third-order valence-corrected chi connectivity index (χ3v) is 3.61. The zero-order valence-corrected chi connectivity index (χ0v) is 12.0. The van der Waals surface area contributed by atoms with E-state index in [4.69, 9.17) is 11.6 Å². The van der Waals surface area contributed by atoms with Gasteiger partial charge in [0.1, 0.15) is 0 Å². The molecule has 1 aromatic heterocycles. The Labute approximate surface area is 117 Å². The van der Waals surface area contributed by atoms with Crippen LogP contribution in [0.2, 0.25) is 5.15 Å². The summed E-state index contributed by atoms with van der Waals surface area (Å²) in [6, 6.07) is 5.40. The van der Waals surface area contributed by atoms with Crippen LogP contribution in [0.25, 0.3) is 10.8 Å². The minimum absolute atomic E-state index is 0.120. The van der Waals surface area contributed by atoms with Crippen LogP contribution in [0, 0.1) is 0 Å². The maximum Gasteiger partial charge on any atom is 0.251 e. The third-order valence-electron chi connectivity index (χ3n) is 3.33. The van der Waals surface area contributed by atoms with E-state index in [1.54, 1.807) is 13.1 Å². The van der Waals surface area contributed by atoms with Crippen molar-refractivity contribution in [1.82, 2.24) is 15.5 Å². The largest absolute Gasteiger partial charge is 0.355 e. The van der Waals surface area contributed by atoms with Crippen molar-refractivity contribution >= 4 is 28.3 Å². The summed E-state index contributed by atoms with van der Waals surface area (Å²) in [7, 11) is 1.61. The second kappa shape index (κ2) is 5.53. The fourth-order valence-electron chi connectivity index (χ4n) is 1.98. The van der Waals surface area contributed by atoms with Crippen molar-refractivity contribution in [3.8, 4) is 0 Å². The minimum atomic E-state index is -0.120. The smallest absolute Gasteiger partial charge is 0.251 e. The van der Waals surface area contributed by atoms with Crippen LogP contribution in [0.3, 0.4) is 0 Å². The van der Waals surface area contributed by atoms with Crippen LogP contribution >= 0.6 is 11.6 Å². The van der Waals surface area contributed by atoms with Gasteiger partial charge in [-0.25, -0.2) is 0 Å². The Balaban J connectivity index is 2.70. The Morgan fingerprint density at radius 1 is 1.37 bits per heavy atom. The Kier molecular flexibility index (Phi) is 4.00. The number of amides is 1. The van der Waals surface area contributed by atoms with Crippen LogP contribution in [0.15, 0.2) is 18.2 Å². The lowest BCUT2D eigenvalue weighted by Crippen LogP contribution is -2.17. The summed E-state index contributed by atoms with van der Waals surface area (Å²) in [6.07, 6.45) is 0.954. The molecule has 0 saturated heterocycles. The molecule has 0 spiro atoms. The molecule has 2 rings (SSSR count). The van der Waals surface area contributed by atoms with Crippen molar-refractivity contribution in [1.29, 1.82) is 0 Å². The van der Waals surface area contributed by atoms with E-state index in [9.17, 15) is 4.79 Å². The zero-order chi connectivity index (χ0) is 14.0. The molecule has 2 aromatic rings. The van der Waals surface area contributed by atoms with E-state index in [0.717, 1.165) is 22.9 Å². The minimum Gasteiger partial charge on any atom is -0.355 e. The van der Waals surface area contributed by atoms with Gasteiger partial charge in [0.25, 0.3) is 5.91 Å². The summed E-state index contributed by atoms with van der Waals surface area (Å²) in [4.78, 5) is 11.7. The second-order valence-corrected chi connectivity index (χ2v) is 4.88. The number of nitrogens with one attached hydrogen (secondary N) is 1. The molecule has 1 unspecified atom stereocenters. The quantitative estimate of drug-likeness (QED) is 0.938. The maximum absolute atomic E-state index is 11.7. The van der Waals surface area contributed by atoms with Gasteiger partial charge in [0.2, 0.25) is 0 Å².